The lowest BCUT2D eigenvalue weighted by atomic mass is 9.85. The molecule has 7 nitrogen and oxygen atoms in total. The molecule has 35 heavy (non-hydrogen) atoms. The topological polar surface area (TPSA) is 102 Å². The highest BCUT2D eigenvalue weighted by atomic mass is 35.5. The number of nitrogens with one attached hydrogen (secondary N) is 2. The van der Waals surface area contributed by atoms with Crippen molar-refractivity contribution in [3.8, 4) is 0 Å². The molecule has 0 heterocycles. The molecule has 12 heteroatoms. The van der Waals surface area contributed by atoms with E-state index in [0.29, 0.717) is 37.8 Å². The summed E-state index contributed by atoms with van der Waals surface area (Å²) < 4.78 is 72.1. The largest absolute Gasteiger partial charge is 0.453 e. The molecule has 2 aromatic rings. The van der Waals surface area contributed by atoms with Gasteiger partial charge in [0, 0.05) is 29.4 Å². The molecule has 0 aromatic heterocycles. The first kappa shape index (κ1) is 25.3. The molecule has 4 rings (SSSR count). The molecule has 2 amide bonds. The van der Waals surface area contributed by atoms with Crippen LogP contribution in [0.3, 0.4) is 0 Å². The van der Waals surface area contributed by atoms with Crippen molar-refractivity contribution in [2.24, 2.45) is 11.8 Å². The molecule has 2 fully saturated rings. The fourth-order valence-corrected chi connectivity index (χ4v) is 8.04. The number of benzene rings is 2. The summed E-state index contributed by atoms with van der Waals surface area (Å²) in [6.07, 6.45) is 1.71. The summed E-state index contributed by atoms with van der Waals surface area (Å²) in [5, 5.41) is 4.18. The number of amides is 2. The zero-order chi connectivity index (χ0) is 25.5. The SMILES string of the molecule is COC(=O)NC1CC2CC[C@@H](C1)[C@H]2S(=O)(=O)c1cc(C(=O)Nc2cc(F)c(F)c(F)c2)ccc1Cl. The number of halogens is 4. The Morgan fingerprint density at radius 2 is 1.63 bits per heavy atom. The van der Waals surface area contributed by atoms with Gasteiger partial charge in [0.05, 0.1) is 22.3 Å². The minimum Gasteiger partial charge on any atom is -0.453 e. The summed E-state index contributed by atoms with van der Waals surface area (Å²) in [5.41, 5.74) is -0.438. The molecule has 188 valence electrons. The molecular formula is C23H22ClF3N2O5S. The molecule has 0 radical (unpaired) electrons. The fourth-order valence-electron chi connectivity index (χ4n) is 5.16. The average molecular weight is 531 g/mol. The molecule has 0 spiro atoms. The van der Waals surface area contributed by atoms with Crippen LogP contribution in [0.25, 0.3) is 0 Å². The van der Waals surface area contributed by atoms with E-state index in [9.17, 15) is 31.2 Å². The predicted octanol–water partition coefficient (Wildman–Crippen LogP) is 4.70. The van der Waals surface area contributed by atoms with Crippen LogP contribution >= 0.6 is 11.6 Å². The molecule has 2 aliphatic rings. The predicted molar refractivity (Wildman–Crippen MR) is 121 cm³/mol. The van der Waals surface area contributed by atoms with Gasteiger partial charge in [-0.1, -0.05) is 11.6 Å². The van der Waals surface area contributed by atoms with Gasteiger partial charge in [-0.15, -0.1) is 0 Å². The van der Waals surface area contributed by atoms with Crippen LogP contribution in [-0.2, 0) is 14.6 Å². The Kier molecular flexibility index (Phi) is 7.01. The summed E-state index contributed by atoms with van der Waals surface area (Å²) in [6, 6.07) is 4.70. The molecular weight excluding hydrogens is 509 g/mol. The number of ether oxygens (including phenoxy) is 1. The zero-order valence-corrected chi connectivity index (χ0v) is 20.1. The third kappa shape index (κ3) is 4.97. The molecule has 2 aliphatic carbocycles. The smallest absolute Gasteiger partial charge is 0.407 e. The Balaban J connectivity index is 1.58. The van der Waals surface area contributed by atoms with Crippen LogP contribution in [0.1, 0.15) is 36.0 Å². The highest BCUT2D eigenvalue weighted by Gasteiger charge is 2.50. The monoisotopic (exact) mass is 530 g/mol. The number of fused-ring (bicyclic) bond motifs is 2. The second kappa shape index (κ2) is 9.69. The van der Waals surface area contributed by atoms with Crippen molar-refractivity contribution in [1.82, 2.24) is 5.32 Å². The normalized spacial score (nSPS) is 23.6. The third-order valence-corrected chi connectivity index (χ3v) is 9.50. The van der Waals surface area contributed by atoms with Crippen molar-refractivity contribution >= 4 is 39.1 Å². The summed E-state index contributed by atoms with van der Waals surface area (Å²) in [7, 11) is -2.70. The van der Waals surface area contributed by atoms with Gasteiger partial charge >= 0.3 is 6.09 Å². The van der Waals surface area contributed by atoms with Gasteiger partial charge < -0.3 is 15.4 Å². The van der Waals surface area contributed by atoms with Gasteiger partial charge in [0.2, 0.25) is 0 Å². The molecule has 2 saturated carbocycles. The second-order valence-corrected chi connectivity index (χ2v) is 11.2. The van der Waals surface area contributed by atoms with Crippen LogP contribution in [0.5, 0.6) is 0 Å². The Labute approximate surface area is 204 Å². The summed E-state index contributed by atoms with van der Waals surface area (Å²) >= 11 is 6.23. The van der Waals surface area contributed by atoms with E-state index in [4.69, 9.17) is 11.6 Å². The van der Waals surface area contributed by atoms with Crippen LogP contribution in [0.2, 0.25) is 5.02 Å². The minimum atomic E-state index is -3.96. The molecule has 0 saturated heterocycles. The van der Waals surface area contributed by atoms with Crippen LogP contribution in [0.15, 0.2) is 35.2 Å². The maximum atomic E-state index is 13.6. The van der Waals surface area contributed by atoms with E-state index in [-0.39, 0.29) is 39.0 Å². The van der Waals surface area contributed by atoms with Crippen LogP contribution < -0.4 is 10.6 Å². The van der Waals surface area contributed by atoms with E-state index in [1.54, 1.807) is 0 Å². The Hall–Kier alpha value is -2.79. The number of carbonyl (C=O) groups is 2. The Morgan fingerprint density at radius 1 is 1.03 bits per heavy atom. The van der Waals surface area contributed by atoms with Crippen molar-refractivity contribution in [3.05, 3.63) is 58.4 Å². The quantitative estimate of drug-likeness (QED) is 0.546. The van der Waals surface area contributed by atoms with E-state index < -0.39 is 44.5 Å². The number of sulfone groups is 1. The van der Waals surface area contributed by atoms with Crippen molar-refractivity contribution in [3.63, 3.8) is 0 Å². The lowest BCUT2D eigenvalue weighted by Crippen LogP contribution is -2.46. The minimum absolute atomic E-state index is 0.0605. The number of rotatable bonds is 5. The number of carbonyl (C=O) groups excluding carboxylic acids is 2. The number of hydrogen-bond donors (Lipinski definition) is 2. The maximum absolute atomic E-state index is 13.6. The van der Waals surface area contributed by atoms with Gasteiger partial charge in [-0.25, -0.2) is 26.4 Å². The Morgan fingerprint density at radius 3 is 2.20 bits per heavy atom. The lowest BCUT2D eigenvalue weighted by molar-refractivity contribution is 0.102. The maximum Gasteiger partial charge on any atom is 0.407 e. The highest BCUT2D eigenvalue weighted by Crippen LogP contribution is 2.48. The van der Waals surface area contributed by atoms with Gasteiger partial charge in [-0.3, -0.25) is 4.79 Å². The first-order chi connectivity index (χ1) is 16.5. The van der Waals surface area contributed by atoms with E-state index in [1.165, 1.54) is 19.2 Å². The molecule has 2 aromatic carbocycles. The van der Waals surface area contributed by atoms with E-state index >= 15 is 0 Å². The van der Waals surface area contributed by atoms with Gasteiger partial charge in [-0.05, 0) is 55.7 Å². The van der Waals surface area contributed by atoms with Crippen molar-refractivity contribution < 1.29 is 35.9 Å². The second-order valence-electron chi connectivity index (χ2n) is 8.76. The van der Waals surface area contributed by atoms with E-state index in [1.807, 2.05) is 0 Å². The van der Waals surface area contributed by atoms with Crippen LogP contribution in [0.4, 0.5) is 23.7 Å². The first-order valence-electron chi connectivity index (χ1n) is 10.8. The van der Waals surface area contributed by atoms with E-state index in [0.717, 1.165) is 6.07 Å². The van der Waals surface area contributed by atoms with Gasteiger partial charge in [0.1, 0.15) is 0 Å². The Bertz CT molecular complexity index is 1250. The van der Waals surface area contributed by atoms with Crippen molar-refractivity contribution in [1.29, 1.82) is 0 Å². The molecule has 2 N–H and O–H groups in total. The molecule has 2 unspecified atom stereocenters. The highest BCUT2D eigenvalue weighted by molar-refractivity contribution is 7.92. The molecule has 4 atom stereocenters. The van der Waals surface area contributed by atoms with Crippen molar-refractivity contribution in [2.75, 3.05) is 12.4 Å². The number of methoxy groups -OCH3 is 1. The van der Waals surface area contributed by atoms with Crippen LogP contribution in [-0.4, -0.2) is 38.8 Å². The van der Waals surface area contributed by atoms with Gasteiger partial charge in [-0.2, -0.15) is 0 Å². The zero-order valence-electron chi connectivity index (χ0n) is 18.5. The first-order valence-corrected chi connectivity index (χ1v) is 12.8. The summed E-state index contributed by atoms with van der Waals surface area (Å²) in [5.74, 6) is -5.90. The summed E-state index contributed by atoms with van der Waals surface area (Å²) in [4.78, 5) is 24.0. The number of anilines is 1. The third-order valence-electron chi connectivity index (χ3n) is 6.62. The average Bonchev–Trinajstić information content (AvgIpc) is 3.09. The van der Waals surface area contributed by atoms with Crippen molar-refractivity contribution in [2.45, 2.75) is 41.9 Å². The van der Waals surface area contributed by atoms with Gasteiger partial charge in [0.15, 0.2) is 27.3 Å². The number of alkyl carbamates (subject to hydrolysis) is 1. The summed E-state index contributed by atoms with van der Waals surface area (Å²) in [6.45, 7) is 0. The standard InChI is InChI=1S/C23H22ClF3N2O5S/c1-34-23(31)29-14-6-11-2-3-12(7-14)21(11)35(32,33)19-8-13(4-5-16(19)24)22(30)28-15-9-17(25)20(27)18(26)10-15/h4-5,8-12,14,21H,2-3,6-7H2,1H3,(H,28,30)(H,29,31)/t11-,12?,14?,21+/m0/s1. The lowest BCUT2D eigenvalue weighted by Gasteiger charge is -2.35. The van der Waals surface area contributed by atoms with Crippen LogP contribution in [0, 0.1) is 29.3 Å². The molecule has 0 aliphatic heterocycles. The number of hydrogen-bond acceptors (Lipinski definition) is 5. The molecule has 2 bridgehead atoms. The fraction of sp³-hybridized carbons (Fsp3) is 0.391. The van der Waals surface area contributed by atoms with E-state index in [2.05, 4.69) is 15.4 Å². The van der Waals surface area contributed by atoms with Gasteiger partial charge in [0.25, 0.3) is 5.91 Å².